The third-order valence-electron chi connectivity index (χ3n) is 4.57. The molecule has 0 fully saturated rings. The molecule has 2 aromatic rings. The molecule has 1 atom stereocenters. The first kappa shape index (κ1) is 21.8. The highest BCUT2D eigenvalue weighted by molar-refractivity contribution is 7.92. The van der Waals surface area contributed by atoms with Crippen LogP contribution in [0.2, 0.25) is 0 Å². The number of carbonyl (C=O) groups is 1. The van der Waals surface area contributed by atoms with Crippen LogP contribution in [0.25, 0.3) is 0 Å². The lowest BCUT2D eigenvalue weighted by molar-refractivity contribution is -0.120. The van der Waals surface area contributed by atoms with E-state index in [0.717, 1.165) is 16.1 Å². The van der Waals surface area contributed by atoms with Crippen molar-refractivity contribution in [1.82, 2.24) is 5.32 Å². The molecule has 1 amide bonds. The summed E-state index contributed by atoms with van der Waals surface area (Å²) in [6.45, 7) is 4.85. The highest BCUT2D eigenvalue weighted by atomic mass is 32.2. The van der Waals surface area contributed by atoms with Crippen LogP contribution in [0.4, 0.5) is 5.69 Å². The van der Waals surface area contributed by atoms with Gasteiger partial charge < -0.3 is 19.5 Å². The Bertz CT molecular complexity index is 991. The molecule has 0 bridgehead atoms. The molecule has 0 aliphatic carbocycles. The molecule has 0 saturated carbocycles. The third kappa shape index (κ3) is 5.35. The van der Waals surface area contributed by atoms with Gasteiger partial charge >= 0.3 is 0 Å². The van der Waals surface area contributed by atoms with Gasteiger partial charge in [0.15, 0.2) is 11.5 Å². The fourth-order valence-electron chi connectivity index (χ4n) is 3.11. The standard InChI is InChI=1S/C21H26N2O6S/c1-4-27-18-8-6-17(7-9-18)23(30(3,25)26)14-21(24)22-15(2)16-5-10-19-20(13-16)29-12-11-28-19/h5-10,13,15H,4,11-12,14H2,1-3H3,(H,22,24)/t15-/m1/s1. The van der Waals surface area contributed by atoms with Crippen LogP contribution >= 0.6 is 0 Å². The van der Waals surface area contributed by atoms with Crippen LogP contribution in [-0.2, 0) is 14.8 Å². The summed E-state index contributed by atoms with van der Waals surface area (Å²) in [6.07, 6.45) is 1.07. The number of hydrogen-bond donors (Lipinski definition) is 1. The van der Waals surface area contributed by atoms with E-state index >= 15 is 0 Å². The van der Waals surface area contributed by atoms with Gasteiger partial charge in [0.05, 0.1) is 24.6 Å². The molecule has 3 rings (SSSR count). The van der Waals surface area contributed by atoms with Gasteiger partial charge in [-0.3, -0.25) is 9.10 Å². The first-order chi connectivity index (χ1) is 14.3. The Hall–Kier alpha value is -2.94. The number of anilines is 1. The highest BCUT2D eigenvalue weighted by Gasteiger charge is 2.22. The van der Waals surface area contributed by atoms with Gasteiger partial charge in [-0.05, 0) is 55.8 Å². The number of fused-ring (bicyclic) bond motifs is 1. The minimum atomic E-state index is -3.66. The summed E-state index contributed by atoms with van der Waals surface area (Å²) in [5.74, 6) is 1.51. The lowest BCUT2D eigenvalue weighted by Crippen LogP contribution is -2.41. The number of sulfonamides is 1. The molecule has 0 spiro atoms. The average Bonchev–Trinajstić information content (AvgIpc) is 2.72. The van der Waals surface area contributed by atoms with Crippen LogP contribution in [0.5, 0.6) is 17.2 Å². The summed E-state index contributed by atoms with van der Waals surface area (Å²) < 4.78 is 42.1. The van der Waals surface area contributed by atoms with Crippen LogP contribution in [0.15, 0.2) is 42.5 Å². The van der Waals surface area contributed by atoms with Crippen molar-refractivity contribution in [3.63, 3.8) is 0 Å². The van der Waals surface area contributed by atoms with Crippen molar-refractivity contribution in [2.45, 2.75) is 19.9 Å². The van der Waals surface area contributed by atoms with Crippen molar-refractivity contribution >= 4 is 21.6 Å². The second kappa shape index (κ2) is 9.25. The quantitative estimate of drug-likeness (QED) is 0.686. The Morgan fingerprint density at radius 1 is 1.13 bits per heavy atom. The first-order valence-corrected chi connectivity index (χ1v) is 11.5. The topological polar surface area (TPSA) is 94.2 Å². The zero-order chi connectivity index (χ0) is 21.7. The van der Waals surface area contributed by atoms with E-state index < -0.39 is 15.9 Å². The monoisotopic (exact) mass is 434 g/mol. The van der Waals surface area contributed by atoms with E-state index in [-0.39, 0.29) is 12.6 Å². The Morgan fingerprint density at radius 2 is 1.80 bits per heavy atom. The van der Waals surface area contributed by atoms with E-state index in [9.17, 15) is 13.2 Å². The van der Waals surface area contributed by atoms with Crippen molar-refractivity contribution in [1.29, 1.82) is 0 Å². The third-order valence-corrected chi connectivity index (χ3v) is 5.71. The fourth-order valence-corrected chi connectivity index (χ4v) is 3.96. The lowest BCUT2D eigenvalue weighted by atomic mass is 10.1. The maximum atomic E-state index is 12.6. The molecule has 1 N–H and O–H groups in total. The Balaban J connectivity index is 1.70. The summed E-state index contributed by atoms with van der Waals surface area (Å²) in [5.41, 5.74) is 1.22. The second-order valence-corrected chi connectivity index (χ2v) is 8.80. The fraction of sp³-hybridized carbons (Fsp3) is 0.381. The van der Waals surface area contributed by atoms with Crippen molar-refractivity contribution in [2.24, 2.45) is 0 Å². The molecule has 0 radical (unpaired) electrons. The Morgan fingerprint density at radius 3 is 2.43 bits per heavy atom. The van der Waals surface area contributed by atoms with Crippen molar-refractivity contribution < 1.29 is 27.4 Å². The zero-order valence-corrected chi connectivity index (χ0v) is 18.1. The smallest absolute Gasteiger partial charge is 0.241 e. The summed E-state index contributed by atoms with van der Waals surface area (Å²) in [6, 6.07) is 11.7. The Kier molecular flexibility index (Phi) is 6.71. The van der Waals surface area contributed by atoms with Crippen molar-refractivity contribution in [2.75, 3.05) is 36.9 Å². The van der Waals surface area contributed by atoms with E-state index in [1.54, 1.807) is 30.3 Å². The summed E-state index contributed by atoms with van der Waals surface area (Å²) in [5, 5.41) is 2.84. The van der Waals surface area contributed by atoms with Crippen LogP contribution < -0.4 is 23.8 Å². The molecule has 0 aromatic heterocycles. The zero-order valence-electron chi connectivity index (χ0n) is 17.3. The lowest BCUT2D eigenvalue weighted by Gasteiger charge is -2.24. The van der Waals surface area contributed by atoms with Gasteiger partial charge in [0.1, 0.15) is 25.5 Å². The number of nitrogens with one attached hydrogen (secondary N) is 1. The maximum absolute atomic E-state index is 12.6. The maximum Gasteiger partial charge on any atom is 0.241 e. The number of nitrogens with zero attached hydrogens (tertiary/aromatic N) is 1. The minimum Gasteiger partial charge on any atom is -0.494 e. The van der Waals surface area contributed by atoms with E-state index in [2.05, 4.69) is 5.32 Å². The van der Waals surface area contributed by atoms with E-state index in [1.807, 2.05) is 26.0 Å². The molecule has 162 valence electrons. The number of benzene rings is 2. The number of amides is 1. The van der Waals surface area contributed by atoms with Crippen LogP contribution in [0, 0.1) is 0 Å². The molecule has 1 heterocycles. The van der Waals surface area contributed by atoms with Gasteiger partial charge in [-0.25, -0.2) is 8.42 Å². The molecule has 30 heavy (non-hydrogen) atoms. The second-order valence-electron chi connectivity index (χ2n) is 6.89. The summed E-state index contributed by atoms with van der Waals surface area (Å²) in [4.78, 5) is 12.6. The van der Waals surface area contributed by atoms with Gasteiger partial charge in [0.25, 0.3) is 0 Å². The number of hydrogen-bond acceptors (Lipinski definition) is 6. The predicted octanol–water partition coefficient (Wildman–Crippen LogP) is 2.50. The molecule has 9 heteroatoms. The molecular weight excluding hydrogens is 408 g/mol. The van der Waals surface area contributed by atoms with Crippen molar-refractivity contribution in [3.8, 4) is 17.2 Å². The van der Waals surface area contributed by atoms with Crippen molar-refractivity contribution in [3.05, 3.63) is 48.0 Å². The van der Waals surface area contributed by atoms with Crippen LogP contribution in [-0.4, -0.2) is 46.9 Å². The van der Waals surface area contributed by atoms with Gasteiger partial charge in [0.2, 0.25) is 15.9 Å². The van der Waals surface area contributed by atoms with Gasteiger partial charge in [-0.1, -0.05) is 6.07 Å². The molecule has 0 saturated heterocycles. The van der Waals surface area contributed by atoms with E-state index in [0.29, 0.717) is 42.8 Å². The molecule has 1 aliphatic heterocycles. The van der Waals surface area contributed by atoms with Crippen LogP contribution in [0.3, 0.4) is 0 Å². The largest absolute Gasteiger partial charge is 0.494 e. The normalized spacial score (nSPS) is 14.0. The summed E-state index contributed by atoms with van der Waals surface area (Å²) in [7, 11) is -3.66. The van der Waals surface area contributed by atoms with Gasteiger partial charge in [-0.15, -0.1) is 0 Å². The molecule has 8 nitrogen and oxygen atoms in total. The van der Waals surface area contributed by atoms with Crippen LogP contribution in [0.1, 0.15) is 25.5 Å². The molecule has 1 aliphatic rings. The summed E-state index contributed by atoms with van der Waals surface area (Å²) >= 11 is 0. The number of ether oxygens (including phenoxy) is 3. The predicted molar refractivity (Wildman–Crippen MR) is 114 cm³/mol. The van der Waals surface area contributed by atoms with Gasteiger partial charge in [-0.2, -0.15) is 0 Å². The number of carbonyl (C=O) groups excluding carboxylic acids is 1. The van der Waals surface area contributed by atoms with E-state index in [1.165, 1.54) is 0 Å². The SMILES string of the molecule is CCOc1ccc(N(CC(=O)N[C@H](C)c2ccc3c(c2)OCCO3)S(C)(=O)=O)cc1. The minimum absolute atomic E-state index is 0.332. The average molecular weight is 435 g/mol. The highest BCUT2D eigenvalue weighted by Crippen LogP contribution is 2.32. The molecular formula is C21H26N2O6S. The Labute approximate surface area is 176 Å². The first-order valence-electron chi connectivity index (χ1n) is 9.67. The van der Waals surface area contributed by atoms with Gasteiger partial charge in [0, 0.05) is 0 Å². The molecule has 0 unspecified atom stereocenters. The van der Waals surface area contributed by atoms with E-state index in [4.69, 9.17) is 14.2 Å². The number of rotatable bonds is 8. The molecule has 2 aromatic carbocycles.